The molecule has 0 aromatic heterocycles. The second kappa shape index (κ2) is 18.3. The minimum absolute atomic E-state index is 0. The first kappa shape index (κ1) is 30.2. The molecular weight excluding hydrogens is 511 g/mol. The van der Waals surface area contributed by atoms with Crippen molar-refractivity contribution in [1.82, 2.24) is 0 Å². The van der Waals surface area contributed by atoms with Gasteiger partial charge in [0.15, 0.2) is 17.4 Å². The van der Waals surface area contributed by atoms with Crippen LogP contribution in [-0.2, 0) is 36.8 Å². The van der Waals surface area contributed by atoms with E-state index >= 15 is 0 Å². The molecule has 0 aliphatic carbocycles. The van der Waals surface area contributed by atoms with Crippen LogP contribution in [0.15, 0.2) is 0 Å². The summed E-state index contributed by atoms with van der Waals surface area (Å²) in [5.74, 6) is 0. The topological polar surface area (TPSA) is 9.23 Å². The first-order valence-corrected chi connectivity index (χ1v) is 15.4. The fourth-order valence-electron chi connectivity index (χ4n) is 0.625. The molecule has 0 saturated carbocycles. The average molecular weight is 536 g/mol. The molecule has 0 spiro atoms. The molecule has 0 fully saturated rings. The Morgan fingerprint density at radius 3 is 1.50 bits per heavy atom. The summed E-state index contributed by atoms with van der Waals surface area (Å²) in [7, 11) is -1.64. The van der Waals surface area contributed by atoms with Gasteiger partial charge in [-0.1, -0.05) is 21.8 Å². The average Bonchev–Trinajstić information content (AvgIpc) is 1.90. The predicted molar refractivity (Wildman–Crippen MR) is 88.0 cm³/mol. The van der Waals surface area contributed by atoms with Gasteiger partial charge in [-0.25, -0.2) is 0 Å². The molecule has 0 aliphatic rings. The van der Waals surface area contributed by atoms with E-state index in [1.807, 2.05) is 0 Å². The van der Waals surface area contributed by atoms with Crippen LogP contribution in [0.4, 0.5) is 0 Å². The molecule has 88 valence electrons. The molecule has 0 N–H and O–H groups in total. The molecule has 14 heavy (non-hydrogen) atoms. The SMILES string of the molecule is C.C.CC[Si](C)(C)O[Si](C)C.II.[Y]. The fraction of sp³-hybridized carbons (Fsp3) is 1.00. The zero-order chi connectivity index (χ0) is 9.49. The molecule has 0 aliphatic heterocycles. The molecule has 0 amide bonds. The number of rotatable bonds is 3. The van der Waals surface area contributed by atoms with Crippen LogP contribution in [0.5, 0.6) is 0 Å². The predicted octanol–water partition coefficient (Wildman–Crippen LogP) is 5.52. The molecular formula is C8H25I2OSi2Y. The van der Waals surface area contributed by atoms with Gasteiger partial charge in [-0.15, -0.1) is 0 Å². The van der Waals surface area contributed by atoms with Crippen molar-refractivity contribution in [2.75, 3.05) is 0 Å². The Bertz CT molecular complexity index is 95.4. The smallest absolute Gasteiger partial charge is 0.191 e. The number of halogens is 2. The molecule has 0 bridgehead atoms. The summed E-state index contributed by atoms with van der Waals surface area (Å²) in [5, 5.41) is 0. The molecule has 0 unspecified atom stereocenters. The van der Waals surface area contributed by atoms with Crippen LogP contribution in [-0.4, -0.2) is 17.4 Å². The van der Waals surface area contributed by atoms with E-state index in [0.29, 0.717) is 0 Å². The van der Waals surface area contributed by atoms with E-state index in [2.05, 4.69) is 70.3 Å². The van der Waals surface area contributed by atoms with Crippen molar-refractivity contribution >= 4 is 54.6 Å². The van der Waals surface area contributed by atoms with Gasteiger partial charge in [0.05, 0.1) is 0 Å². The van der Waals surface area contributed by atoms with Crippen molar-refractivity contribution < 1.29 is 36.8 Å². The van der Waals surface area contributed by atoms with Gasteiger partial charge in [0.1, 0.15) is 0 Å². The van der Waals surface area contributed by atoms with Crippen LogP contribution in [0.1, 0.15) is 21.8 Å². The van der Waals surface area contributed by atoms with Crippen molar-refractivity contribution in [2.24, 2.45) is 0 Å². The summed E-state index contributed by atoms with van der Waals surface area (Å²) in [6.45, 7) is 11.2. The van der Waals surface area contributed by atoms with Crippen molar-refractivity contribution in [3.63, 3.8) is 0 Å². The van der Waals surface area contributed by atoms with Gasteiger partial charge in [-0.05, 0) is 32.2 Å². The number of hydrogen-bond acceptors (Lipinski definition) is 1. The van der Waals surface area contributed by atoms with E-state index in [1.165, 1.54) is 6.04 Å². The quantitative estimate of drug-likeness (QED) is 0.341. The van der Waals surface area contributed by atoms with Gasteiger partial charge in [0.25, 0.3) is 0 Å². The van der Waals surface area contributed by atoms with Gasteiger partial charge in [0, 0.05) is 69.9 Å². The van der Waals surface area contributed by atoms with Crippen LogP contribution in [0.25, 0.3) is 0 Å². The Hall–Kier alpha value is 2.96. The Kier molecular flexibility index (Phi) is 39.5. The molecule has 0 saturated heterocycles. The fourth-order valence-corrected chi connectivity index (χ4v) is 5.62. The van der Waals surface area contributed by atoms with Crippen molar-refractivity contribution in [2.45, 2.75) is 54.0 Å². The maximum Gasteiger partial charge on any atom is 0.191 e. The minimum atomic E-state index is -1.20. The maximum absolute atomic E-state index is 5.83. The second-order valence-corrected chi connectivity index (χ2v) is 9.98. The minimum Gasteiger partial charge on any atom is -0.456 e. The van der Waals surface area contributed by atoms with E-state index in [1.54, 1.807) is 0 Å². The molecule has 2 radical (unpaired) electrons. The summed E-state index contributed by atoms with van der Waals surface area (Å²) in [6, 6.07) is 1.24. The second-order valence-electron chi connectivity index (χ2n) is 3.12. The van der Waals surface area contributed by atoms with Crippen LogP contribution < -0.4 is 0 Å². The third-order valence-electron chi connectivity index (χ3n) is 1.33. The zero-order valence-electron chi connectivity index (χ0n) is 8.45. The molecule has 0 aromatic carbocycles. The van der Waals surface area contributed by atoms with Gasteiger partial charge in [0.2, 0.25) is 0 Å². The van der Waals surface area contributed by atoms with E-state index in [4.69, 9.17) is 4.12 Å². The summed E-state index contributed by atoms with van der Waals surface area (Å²) >= 11 is 4.24. The van der Waals surface area contributed by atoms with E-state index < -0.39 is 17.4 Å². The van der Waals surface area contributed by atoms with Crippen LogP contribution in [0.3, 0.4) is 0 Å². The molecule has 0 atom stereocenters. The molecule has 0 heterocycles. The standard InChI is InChI=1S/C6H17OSi2.2CH4.I2.Y/c1-6-9(4,5)7-8(2)3;;;1-2;/h6H2,1-5H3;2*1H4;;. The van der Waals surface area contributed by atoms with E-state index in [0.717, 1.165) is 0 Å². The summed E-state index contributed by atoms with van der Waals surface area (Å²) in [4.78, 5) is 0. The largest absolute Gasteiger partial charge is 0.456 e. The Morgan fingerprint density at radius 1 is 1.14 bits per heavy atom. The summed E-state index contributed by atoms with van der Waals surface area (Å²) < 4.78 is 5.83. The third-order valence-corrected chi connectivity index (χ3v) is 6.88. The third kappa shape index (κ3) is 24.3. The van der Waals surface area contributed by atoms with Crippen LogP contribution >= 0.6 is 37.2 Å². The van der Waals surface area contributed by atoms with Crippen molar-refractivity contribution in [1.29, 1.82) is 0 Å². The van der Waals surface area contributed by atoms with E-state index in [9.17, 15) is 0 Å². The molecule has 1 nitrogen and oxygen atoms in total. The maximum atomic E-state index is 5.83. The Balaban J connectivity index is -0.0000000505. The molecule has 6 heteroatoms. The van der Waals surface area contributed by atoms with Gasteiger partial charge >= 0.3 is 0 Å². The van der Waals surface area contributed by atoms with E-state index in [-0.39, 0.29) is 47.6 Å². The van der Waals surface area contributed by atoms with Crippen LogP contribution in [0, 0.1) is 0 Å². The summed E-state index contributed by atoms with van der Waals surface area (Å²) in [5.41, 5.74) is 0. The van der Waals surface area contributed by atoms with Crippen LogP contribution in [0.2, 0.25) is 32.2 Å². The Morgan fingerprint density at radius 2 is 1.43 bits per heavy atom. The molecule has 0 aromatic rings. The summed E-state index contributed by atoms with van der Waals surface area (Å²) in [6.07, 6.45) is 0. The van der Waals surface area contributed by atoms with Gasteiger partial charge in [-0.2, -0.15) is 0 Å². The normalized spacial score (nSPS) is 8.57. The van der Waals surface area contributed by atoms with Gasteiger partial charge < -0.3 is 4.12 Å². The number of hydrogen-bond donors (Lipinski definition) is 0. The van der Waals surface area contributed by atoms with Crippen molar-refractivity contribution in [3.05, 3.63) is 0 Å². The first-order chi connectivity index (χ1) is 4.98. The van der Waals surface area contributed by atoms with Gasteiger partial charge in [-0.3, -0.25) is 0 Å². The molecule has 0 rings (SSSR count). The first-order valence-electron chi connectivity index (χ1n) is 3.61. The zero-order valence-corrected chi connectivity index (χ0v) is 17.6. The van der Waals surface area contributed by atoms with Crippen molar-refractivity contribution in [3.8, 4) is 0 Å². The monoisotopic (exact) mass is 536 g/mol. The Labute approximate surface area is 143 Å².